The molecule has 1 aliphatic rings. The number of rotatable bonds is 7. The summed E-state index contributed by atoms with van der Waals surface area (Å²) in [5.41, 5.74) is 1.23. The third kappa shape index (κ3) is 3.35. The maximum atomic E-state index is 4.67. The monoisotopic (exact) mass is 249 g/mol. The van der Waals surface area contributed by atoms with E-state index in [4.69, 9.17) is 0 Å². The Morgan fingerprint density at radius 2 is 2.22 bits per heavy atom. The van der Waals surface area contributed by atoms with Crippen LogP contribution in [0.4, 0.5) is 0 Å². The van der Waals surface area contributed by atoms with E-state index in [0.29, 0.717) is 12.1 Å². The van der Waals surface area contributed by atoms with E-state index in [-0.39, 0.29) is 0 Å². The fourth-order valence-electron chi connectivity index (χ4n) is 2.62. The minimum Gasteiger partial charge on any atom is -0.313 e. The topological polar surface area (TPSA) is 29.9 Å². The van der Waals surface area contributed by atoms with Crippen molar-refractivity contribution < 1.29 is 0 Å². The molecule has 1 fully saturated rings. The molecule has 0 bridgehead atoms. The molecule has 3 unspecified atom stereocenters. The van der Waals surface area contributed by atoms with Gasteiger partial charge in [0.25, 0.3) is 0 Å². The van der Waals surface area contributed by atoms with Gasteiger partial charge in [-0.1, -0.05) is 13.8 Å². The largest absolute Gasteiger partial charge is 0.313 e. The van der Waals surface area contributed by atoms with Crippen molar-refractivity contribution in [1.82, 2.24) is 15.1 Å². The van der Waals surface area contributed by atoms with Gasteiger partial charge in [-0.15, -0.1) is 0 Å². The molecule has 1 saturated carbocycles. The molecule has 1 heterocycles. The van der Waals surface area contributed by atoms with Gasteiger partial charge in [0, 0.05) is 24.7 Å². The van der Waals surface area contributed by atoms with Crippen LogP contribution < -0.4 is 5.32 Å². The molecule has 0 radical (unpaired) electrons. The van der Waals surface area contributed by atoms with Crippen LogP contribution in [0.1, 0.15) is 52.3 Å². The molecule has 0 amide bonds. The highest BCUT2D eigenvalue weighted by Gasteiger charge is 2.39. The first-order valence-corrected chi connectivity index (χ1v) is 7.39. The molecule has 1 aliphatic carbocycles. The molecule has 102 valence electrons. The molecule has 18 heavy (non-hydrogen) atoms. The summed E-state index contributed by atoms with van der Waals surface area (Å²) < 4.78 is 2.06. The van der Waals surface area contributed by atoms with E-state index in [9.17, 15) is 0 Å². The third-order valence-electron chi connectivity index (χ3n) is 3.97. The quantitative estimate of drug-likeness (QED) is 0.805. The van der Waals surface area contributed by atoms with Gasteiger partial charge >= 0.3 is 0 Å². The van der Waals surface area contributed by atoms with Crippen LogP contribution in [0.2, 0.25) is 0 Å². The van der Waals surface area contributed by atoms with Crippen LogP contribution in [0.25, 0.3) is 0 Å². The first-order chi connectivity index (χ1) is 8.61. The van der Waals surface area contributed by atoms with E-state index in [1.807, 2.05) is 0 Å². The standard InChI is InChI=1S/C15H27N3/c1-5-7-16-15(14-9-12(14)4)10-13-6-8-18(17-13)11(2)3/h6,8,11-12,14-16H,5,7,9-10H2,1-4H3. The van der Waals surface area contributed by atoms with Crippen LogP contribution in [-0.4, -0.2) is 22.4 Å². The molecule has 0 aromatic carbocycles. The lowest BCUT2D eigenvalue weighted by Gasteiger charge is -2.17. The molecule has 3 heteroatoms. The predicted octanol–water partition coefficient (Wildman–Crippen LogP) is 3.03. The zero-order chi connectivity index (χ0) is 13.1. The lowest BCUT2D eigenvalue weighted by molar-refractivity contribution is 0.435. The summed E-state index contributed by atoms with van der Waals surface area (Å²) in [6, 6.07) is 3.25. The molecule has 0 saturated heterocycles. The Labute approximate surface area is 111 Å². The smallest absolute Gasteiger partial charge is 0.0640 e. The van der Waals surface area contributed by atoms with Gasteiger partial charge in [-0.2, -0.15) is 5.10 Å². The van der Waals surface area contributed by atoms with E-state index in [0.717, 1.165) is 24.8 Å². The zero-order valence-corrected chi connectivity index (χ0v) is 12.2. The highest BCUT2D eigenvalue weighted by molar-refractivity contribution is 5.05. The fraction of sp³-hybridized carbons (Fsp3) is 0.800. The maximum absolute atomic E-state index is 4.67. The molecule has 2 rings (SSSR count). The summed E-state index contributed by atoms with van der Waals surface area (Å²) in [6.45, 7) is 10.1. The molecule has 3 nitrogen and oxygen atoms in total. The normalized spacial score (nSPS) is 24.5. The van der Waals surface area contributed by atoms with Crippen LogP contribution in [0.3, 0.4) is 0 Å². The summed E-state index contributed by atoms with van der Waals surface area (Å²) in [4.78, 5) is 0. The van der Waals surface area contributed by atoms with Crippen molar-refractivity contribution in [2.24, 2.45) is 11.8 Å². The molecule has 3 atom stereocenters. The van der Waals surface area contributed by atoms with Crippen molar-refractivity contribution in [3.63, 3.8) is 0 Å². The van der Waals surface area contributed by atoms with Crippen LogP contribution in [0, 0.1) is 11.8 Å². The van der Waals surface area contributed by atoms with Crippen LogP contribution in [0.5, 0.6) is 0 Å². The Morgan fingerprint density at radius 1 is 1.50 bits per heavy atom. The highest BCUT2D eigenvalue weighted by atomic mass is 15.3. The molecule has 1 aromatic heterocycles. The first-order valence-electron chi connectivity index (χ1n) is 7.39. The second-order valence-electron chi connectivity index (χ2n) is 6.02. The van der Waals surface area contributed by atoms with Crippen molar-refractivity contribution in [2.45, 2.75) is 59.0 Å². The minimum atomic E-state index is 0.459. The van der Waals surface area contributed by atoms with Crippen LogP contribution in [0.15, 0.2) is 12.3 Å². The second-order valence-corrected chi connectivity index (χ2v) is 6.02. The van der Waals surface area contributed by atoms with Gasteiger partial charge in [-0.25, -0.2) is 0 Å². The molecular weight excluding hydrogens is 222 g/mol. The second kappa shape index (κ2) is 5.87. The lowest BCUT2D eigenvalue weighted by Crippen LogP contribution is -2.34. The Kier molecular flexibility index (Phi) is 4.44. The zero-order valence-electron chi connectivity index (χ0n) is 12.2. The van der Waals surface area contributed by atoms with Crippen molar-refractivity contribution >= 4 is 0 Å². The van der Waals surface area contributed by atoms with Crippen molar-refractivity contribution in [2.75, 3.05) is 6.54 Å². The molecule has 0 aliphatic heterocycles. The van der Waals surface area contributed by atoms with Crippen LogP contribution >= 0.6 is 0 Å². The van der Waals surface area contributed by atoms with Crippen molar-refractivity contribution in [3.8, 4) is 0 Å². The third-order valence-corrected chi connectivity index (χ3v) is 3.97. The van der Waals surface area contributed by atoms with Gasteiger partial charge in [0.1, 0.15) is 0 Å². The predicted molar refractivity (Wildman–Crippen MR) is 75.7 cm³/mol. The van der Waals surface area contributed by atoms with E-state index >= 15 is 0 Å². The summed E-state index contributed by atoms with van der Waals surface area (Å²) in [7, 11) is 0. The molecule has 0 spiro atoms. The summed E-state index contributed by atoms with van der Waals surface area (Å²) in [5, 5.41) is 8.37. The molecule has 1 aromatic rings. The van der Waals surface area contributed by atoms with Gasteiger partial charge in [0.05, 0.1) is 5.69 Å². The Balaban J connectivity index is 1.94. The fourth-order valence-corrected chi connectivity index (χ4v) is 2.62. The summed E-state index contributed by atoms with van der Waals surface area (Å²) in [5.74, 6) is 1.76. The number of aromatic nitrogens is 2. The van der Waals surface area contributed by atoms with E-state index in [1.54, 1.807) is 0 Å². The Morgan fingerprint density at radius 3 is 2.72 bits per heavy atom. The summed E-state index contributed by atoms with van der Waals surface area (Å²) >= 11 is 0. The lowest BCUT2D eigenvalue weighted by atomic mass is 10.1. The minimum absolute atomic E-state index is 0.459. The summed E-state index contributed by atoms with van der Waals surface area (Å²) in [6.07, 6.45) is 5.77. The number of hydrogen-bond acceptors (Lipinski definition) is 2. The molecule has 1 N–H and O–H groups in total. The first kappa shape index (κ1) is 13.6. The average molecular weight is 249 g/mol. The SMILES string of the molecule is CCCNC(Cc1ccn(C(C)C)n1)C1CC1C. The average Bonchev–Trinajstić information content (AvgIpc) is 2.88. The van der Waals surface area contributed by atoms with Gasteiger partial charge < -0.3 is 5.32 Å². The maximum Gasteiger partial charge on any atom is 0.0640 e. The van der Waals surface area contributed by atoms with Crippen molar-refractivity contribution in [1.29, 1.82) is 0 Å². The van der Waals surface area contributed by atoms with E-state index in [1.165, 1.54) is 18.5 Å². The number of nitrogens with one attached hydrogen (secondary N) is 1. The van der Waals surface area contributed by atoms with Crippen molar-refractivity contribution in [3.05, 3.63) is 18.0 Å². The van der Waals surface area contributed by atoms with Gasteiger partial charge in [0.2, 0.25) is 0 Å². The van der Waals surface area contributed by atoms with E-state index < -0.39 is 0 Å². The van der Waals surface area contributed by atoms with Gasteiger partial charge in [-0.05, 0) is 51.1 Å². The number of hydrogen-bond donors (Lipinski definition) is 1. The van der Waals surface area contributed by atoms with Gasteiger partial charge in [0.15, 0.2) is 0 Å². The Hall–Kier alpha value is -0.830. The van der Waals surface area contributed by atoms with Crippen LogP contribution in [-0.2, 0) is 6.42 Å². The van der Waals surface area contributed by atoms with Gasteiger partial charge in [-0.3, -0.25) is 4.68 Å². The number of nitrogens with zero attached hydrogens (tertiary/aromatic N) is 2. The molecular formula is C15H27N3. The Bertz CT molecular complexity index is 370. The van der Waals surface area contributed by atoms with E-state index in [2.05, 4.69) is 55.1 Å². The highest BCUT2D eigenvalue weighted by Crippen LogP contribution is 2.41.